The van der Waals surface area contributed by atoms with Crippen molar-refractivity contribution in [1.29, 1.82) is 0 Å². The summed E-state index contributed by atoms with van der Waals surface area (Å²) in [6.07, 6.45) is 7.18. The van der Waals surface area contributed by atoms with E-state index in [1.807, 2.05) is 79.2 Å². The Hall–Kier alpha value is -6.78. The van der Waals surface area contributed by atoms with Crippen molar-refractivity contribution in [3.8, 4) is 23.0 Å². The first-order chi connectivity index (χ1) is 33.4. The van der Waals surface area contributed by atoms with Gasteiger partial charge < -0.3 is 29.6 Å². The molecule has 5 aromatic rings. The van der Waals surface area contributed by atoms with Gasteiger partial charge in [0.1, 0.15) is 13.2 Å². The van der Waals surface area contributed by atoms with Crippen LogP contribution in [0.4, 0.5) is 28.4 Å². The Morgan fingerprint density at radius 3 is 1.72 bits per heavy atom. The number of benzene rings is 5. The normalized spacial score (nSPS) is 16.3. The molecule has 5 aromatic carbocycles. The first kappa shape index (κ1) is 47.3. The molecule has 4 aliphatic heterocycles. The lowest BCUT2D eigenvalue weighted by molar-refractivity contribution is -0.120. The van der Waals surface area contributed by atoms with Crippen LogP contribution in [0.2, 0.25) is 0 Å². The van der Waals surface area contributed by atoms with Crippen LogP contribution >= 0.6 is 21.6 Å². The van der Waals surface area contributed by atoms with Gasteiger partial charge in [0.2, 0.25) is 11.8 Å². The zero-order valence-corrected chi connectivity index (χ0v) is 40.8. The van der Waals surface area contributed by atoms with E-state index < -0.39 is 0 Å². The van der Waals surface area contributed by atoms with Gasteiger partial charge in [0.05, 0.1) is 48.8 Å². The van der Waals surface area contributed by atoms with Crippen LogP contribution in [0.25, 0.3) is 0 Å². The monoisotopic (exact) mass is 966 g/mol. The van der Waals surface area contributed by atoms with Crippen molar-refractivity contribution in [3.05, 3.63) is 124 Å². The molecule has 16 heteroatoms. The van der Waals surface area contributed by atoms with Gasteiger partial charge in [-0.05, 0) is 91.4 Å². The topological polar surface area (TPSA) is 160 Å². The number of carbonyl (C=O) groups excluding carboxylic acids is 4. The lowest BCUT2D eigenvalue weighted by atomic mass is 10.1. The van der Waals surface area contributed by atoms with Gasteiger partial charge in [0.25, 0.3) is 11.8 Å². The Morgan fingerprint density at radius 2 is 1.22 bits per heavy atom. The third kappa shape index (κ3) is 10.3. The summed E-state index contributed by atoms with van der Waals surface area (Å²) in [6.45, 7) is 4.38. The fraction of sp³-hybridized carbons (Fsp3) is 0.321. The Morgan fingerprint density at radius 1 is 0.696 bits per heavy atom. The second-order valence-corrected chi connectivity index (χ2v) is 21.0. The number of aliphatic imine (C=N–C) groups is 2. The van der Waals surface area contributed by atoms with Crippen molar-refractivity contribution < 1.29 is 38.1 Å². The molecule has 2 N–H and O–H groups in total. The Labute approximate surface area is 409 Å². The van der Waals surface area contributed by atoms with Crippen LogP contribution in [0.1, 0.15) is 82.5 Å². The predicted molar refractivity (Wildman–Crippen MR) is 274 cm³/mol. The van der Waals surface area contributed by atoms with Gasteiger partial charge >= 0.3 is 0 Å². The first-order valence-electron chi connectivity index (χ1n) is 23.0. The van der Waals surface area contributed by atoms with E-state index in [-0.39, 0.29) is 60.1 Å². The Balaban J connectivity index is 0.939. The van der Waals surface area contributed by atoms with Crippen LogP contribution < -0.4 is 39.4 Å². The molecule has 0 aromatic heterocycles. The summed E-state index contributed by atoms with van der Waals surface area (Å²) in [5, 5.41) is 5.76. The third-order valence-electron chi connectivity index (χ3n) is 12.5. The number of anilines is 3. The summed E-state index contributed by atoms with van der Waals surface area (Å²) in [6, 6.07) is 27.9. The van der Waals surface area contributed by atoms with Gasteiger partial charge in [0, 0.05) is 84.9 Å². The van der Waals surface area contributed by atoms with E-state index >= 15 is 0 Å². The van der Waals surface area contributed by atoms with Crippen molar-refractivity contribution in [3.63, 3.8) is 0 Å². The molecule has 0 spiro atoms. The maximum atomic E-state index is 14.0. The van der Waals surface area contributed by atoms with Crippen molar-refractivity contribution in [2.24, 2.45) is 9.98 Å². The molecule has 4 heterocycles. The molecule has 4 amide bonds. The quantitative estimate of drug-likeness (QED) is 0.0639. The largest absolute Gasteiger partial charge is 0.493 e. The summed E-state index contributed by atoms with van der Waals surface area (Å²) in [7, 11) is 8.14. The molecule has 0 aliphatic carbocycles. The number of hydrogen-bond acceptors (Lipinski definition) is 12. The summed E-state index contributed by atoms with van der Waals surface area (Å²) < 4.78 is 24.3. The molecule has 0 saturated carbocycles. The van der Waals surface area contributed by atoms with Crippen molar-refractivity contribution in [1.82, 2.24) is 5.32 Å². The smallest absolute Gasteiger partial charge is 0.261 e. The van der Waals surface area contributed by atoms with Gasteiger partial charge in [-0.2, -0.15) is 0 Å². The highest BCUT2D eigenvalue weighted by molar-refractivity contribution is 8.77. The molecule has 356 valence electrons. The maximum Gasteiger partial charge on any atom is 0.261 e. The second-order valence-electron chi connectivity index (χ2n) is 17.9. The average Bonchev–Trinajstić information content (AvgIpc) is 3.85. The summed E-state index contributed by atoms with van der Waals surface area (Å²) in [4.78, 5) is 66.4. The highest BCUT2D eigenvalue weighted by Crippen LogP contribution is 2.44. The minimum Gasteiger partial charge on any atom is -0.493 e. The summed E-state index contributed by atoms with van der Waals surface area (Å²) >= 11 is 0. The molecule has 2 atom stereocenters. The van der Waals surface area contributed by atoms with Crippen LogP contribution in [-0.4, -0.2) is 79.9 Å². The number of nitrogens with zero attached hydrogens (tertiary/aromatic N) is 4. The number of ether oxygens (including phenoxy) is 4. The molecule has 0 saturated heterocycles. The van der Waals surface area contributed by atoms with E-state index in [0.29, 0.717) is 76.9 Å². The van der Waals surface area contributed by atoms with Crippen LogP contribution in [0.3, 0.4) is 0 Å². The number of nitrogens with one attached hydrogen (secondary N) is 2. The molecule has 14 nitrogen and oxygen atoms in total. The highest BCUT2D eigenvalue weighted by atomic mass is 33.1. The number of methoxy groups -OCH3 is 2. The maximum absolute atomic E-state index is 14.0. The molecule has 0 radical (unpaired) electrons. The third-order valence-corrected chi connectivity index (χ3v) is 16.0. The van der Waals surface area contributed by atoms with E-state index in [4.69, 9.17) is 28.9 Å². The van der Waals surface area contributed by atoms with Crippen molar-refractivity contribution >= 4 is 86.1 Å². The molecule has 0 fully saturated rings. The Kier molecular flexibility index (Phi) is 14.0. The predicted octanol–water partition coefficient (Wildman–Crippen LogP) is 9.84. The first-order valence-corrected chi connectivity index (χ1v) is 25.3. The van der Waals surface area contributed by atoms with Gasteiger partial charge in [-0.15, -0.1) is 0 Å². The average molecular weight is 967 g/mol. The minimum absolute atomic E-state index is 0.0312. The van der Waals surface area contributed by atoms with Crippen molar-refractivity contribution in [2.75, 3.05) is 42.1 Å². The molecule has 9 rings (SSSR count). The number of carbonyl (C=O) groups is 4. The van der Waals surface area contributed by atoms with E-state index in [1.165, 1.54) is 14.2 Å². The standard InChI is InChI=1S/C53H54N6O8S2/c1-53(2,69-68-18-10-15-49(60)54-3)17-16-50(61)57-36-20-32(30-66-47-26-41-39(24-45(47)64-4)51(62)58-37(28-55-41)22-34-11-6-8-13-43(34)58)19-33(21-36)31-67-48-27-42-40(25-46(48)65-5)52(63)59-38(29-56-42)23-35-12-7-9-14-44(35)59/h6-9,11-14,19-21,24-29,37-38H,10,15-18,22-23,30-31H2,1-5H3,(H,54,60)(H,57,61)/t37-,38-/m0/s1. The van der Waals surface area contributed by atoms with E-state index in [1.54, 1.807) is 62.7 Å². The lowest BCUT2D eigenvalue weighted by Gasteiger charge is -2.23. The van der Waals surface area contributed by atoms with Crippen LogP contribution in [0.15, 0.2) is 101 Å². The zero-order valence-electron chi connectivity index (χ0n) is 39.2. The number of para-hydroxylation sites is 2. The van der Waals surface area contributed by atoms with Gasteiger partial charge in [-0.1, -0.05) is 58.0 Å². The highest BCUT2D eigenvalue weighted by Gasteiger charge is 2.38. The Bertz CT molecular complexity index is 2720. The lowest BCUT2D eigenvalue weighted by Crippen LogP contribution is -2.37. The number of amides is 4. The fourth-order valence-electron chi connectivity index (χ4n) is 9.00. The zero-order chi connectivity index (χ0) is 48.2. The second kappa shape index (κ2) is 20.4. The molecular weight excluding hydrogens is 913 g/mol. The molecule has 4 aliphatic rings. The van der Waals surface area contributed by atoms with E-state index in [9.17, 15) is 19.2 Å². The van der Waals surface area contributed by atoms with Crippen molar-refractivity contribution in [2.45, 2.75) is 82.4 Å². The molecule has 0 unspecified atom stereocenters. The van der Waals surface area contributed by atoms with E-state index in [2.05, 4.69) is 24.5 Å². The molecule has 0 bridgehead atoms. The molecule has 69 heavy (non-hydrogen) atoms. The van der Waals surface area contributed by atoms with Gasteiger partial charge in [0.15, 0.2) is 23.0 Å². The SMILES string of the molecule is CNC(=O)CCCSSC(C)(C)CCC(=O)Nc1cc(COc2cc3c(cc2OC)C(=O)N2c4ccccc4C[C@H]2C=N3)cc(COc2cc3c(cc2OC)C(=O)N2c4ccccc4C[C@H]2C=N3)c1. The molecular formula is C53H54N6O8S2. The summed E-state index contributed by atoms with van der Waals surface area (Å²) in [5.74, 6) is 1.95. The number of hydrogen-bond donors (Lipinski definition) is 2. The summed E-state index contributed by atoms with van der Waals surface area (Å²) in [5.41, 5.74) is 7.75. The minimum atomic E-state index is -0.205. The van der Waals surface area contributed by atoms with Gasteiger partial charge in [-0.3, -0.25) is 39.0 Å². The van der Waals surface area contributed by atoms with Gasteiger partial charge in [-0.25, -0.2) is 0 Å². The number of fused-ring (bicyclic) bond motifs is 8. The van der Waals surface area contributed by atoms with Crippen LogP contribution in [0.5, 0.6) is 23.0 Å². The van der Waals surface area contributed by atoms with E-state index in [0.717, 1.165) is 45.8 Å². The number of rotatable bonds is 18. The van der Waals surface area contributed by atoms with Crippen LogP contribution in [0, 0.1) is 0 Å². The van der Waals surface area contributed by atoms with Crippen LogP contribution in [-0.2, 0) is 35.6 Å². The fourth-order valence-corrected chi connectivity index (χ4v) is 11.7.